The van der Waals surface area contributed by atoms with Crippen molar-refractivity contribution in [3.8, 4) is 0 Å². The molecule has 1 fully saturated rings. The fourth-order valence-corrected chi connectivity index (χ4v) is 3.35. The molecule has 0 radical (unpaired) electrons. The second kappa shape index (κ2) is 7.16. The highest BCUT2D eigenvalue weighted by atomic mass is 79.9. The molecule has 2 N–H and O–H groups in total. The van der Waals surface area contributed by atoms with Crippen LogP contribution in [-0.4, -0.2) is 30.0 Å². The van der Waals surface area contributed by atoms with Gasteiger partial charge in [-0.2, -0.15) is 0 Å². The number of nitrogens with one attached hydrogen (secondary N) is 2. The van der Waals surface area contributed by atoms with Crippen molar-refractivity contribution in [3.05, 3.63) is 28.7 Å². The Morgan fingerprint density at radius 1 is 1.44 bits per heavy atom. The van der Waals surface area contributed by atoms with E-state index in [0.29, 0.717) is 11.0 Å². The molecule has 5 heteroatoms. The standard InChI is InChI=1S/C13H17BrN2OS/c14-10-2-1-3-11(8-10)16-13(17)9-18-12-4-6-15-7-5-12/h1-3,8,12,15H,4-7,9H2,(H,16,17). The zero-order chi connectivity index (χ0) is 12.8. The number of piperidine rings is 1. The van der Waals surface area contributed by atoms with Crippen LogP contribution in [0.1, 0.15) is 12.8 Å². The third-order valence-corrected chi connectivity index (χ3v) is 4.71. The summed E-state index contributed by atoms with van der Waals surface area (Å²) in [5.74, 6) is 0.619. The van der Waals surface area contributed by atoms with Crippen molar-refractivity contribution in [2.24, 2.45) is 0 Å². The Morgan fingerprint density at radius 3 is 2.94 bits per heavy atom. The van der Waals surface area contributed by atoms with Crippen molar-refractivity contribution >= 4 is 39.3 Å². The average Bonchev–Trinajstić information content (AvgIpc) is 2.38. The van der Waals surface area contributed by atoms with E-state index >= 15 is 0 Å². The summed E-state index contributed by atoms with van der Waals surface area (Å²) in [4.78, 5) is 11.8. The first-order valence-corrected chi connectivity index (χ1v) is 7.96. The second-order valence-corrected chi connectivity index (χ2v) is 6.52. The lowest BCUT2D eigenvalue weighted by atomic mass is 10.2. The summed E-state index contributed by atoms with van der Waals surface area (Å²) in [5, 5.41) is 6.87. The summed E-state index contributed by atoms with van der Waals surface area (Å²) in [6.45, 7) is 2.15. The van der Waals surface area contributed by atoms with E-state index in [1.807, 2.05) is 24.3 Å². The molecule has 0 saturated carbocycles. The van der Waals surface area contributed by atoms with Gasteiger partial charge in [0.2, 0.25) is 5.91 Å². The van der Waals surface area contributed by atoms with Crippen LogP contribution in [0.5, 0.6) is 0 Å². The molecule has 0 aromatic heterocycles. The minimum absolute atomic E-state index is 0.0802. The van der Waals surface area contributed by atoms with Crippen LogP contribution in [0, 0.1) is 0 Å². The third kappa shape index (κ3) is 4.63. The van der Waals surface area contributed by atoms with Crippen molar-refractivity contribution in [1.82, 2.24) is 5.32 Å². The molecule has 2 rings (SSSR count). The molecule has 3 nitrogen and oxygen atoms in total. The van der Waals surface area contributed by atoms with E-state index in [2.05, 4.69) is 26.6 Å². The van der Waals surface area contributed by atoms with Gasteiger partial charge >= 0.3 is 0 Å². The highest BCUT2D eigenvalue weighted by Crippen LogP contribution is 2.21. The zero-order valence-corrected chi connectivity index (χ0v) is 12.5. The van der Waals surface area contributed by atoms with E-state index in [0.717, 1.165) is 36.1 Å². The van der Waals surface area contributed by atoms with E-state index in [-0.39, 0.29) is 5.91 Å². The smallest absolute Gasteiger partial charge is 0.234 e. The van der Waals surface area contributed by atoms with Crippen molar-refractivity contribution in [1.29, 1.82) is 0 Å². The quantitative estimate of drug-likeness (QED) is 0.892. The minimum atomic E-state index is 0.0802. The van der Waals surface area contributed by atoms with Crippen LogP contribution in [0.3, 0.4) is 0 Å². The van der Waals surface area contributed by atoms with Crippen LogP contribution in [0.4, 0.5) is 5.69 Å². The molecule has 1 aliphatic heterocycles. The maximum atomic E-state index is 11.8. The van der Waals surface area contributed by atoms with Gasteiger partial charge in [0.1, 0.15) is 0 Å². The number of hydrogen-bond acceptors (Lipinski definition) is 3. The van der Waals surface area contributed by atoms with Crippen LogP contribution >= 0.6 is 27.7 Å². The Labute approximate surface area is 120 Å². The van der Waals surface area contributed by atoms with Crippen molar-refractivity contribution in [2.45, 2.75) is 18.1 Å². The molecule has 0 unspecified atom stereocenters. The number of benzene rings is 1. The van der Waals surface area contributed by atoms with E-state index in [4.69, 9.17) is 0 Å². The third-order valence-electron chi connectivity index (χ3n) is 2.84. The second-order valence-electron chi connectivity index (χ2n) is 4.32. The number of amides is 1. The molecular formula is C13H17BrN2OS. The molecule has 1 aliphatic rings. The largest absolute Gasteiger partial charge is 0.325 e. The number of anilines is 1. The summed E-state index contributed by atoms with van der Waals surface area (Å²) in [6.07, 6.45) is 2.32. The lowest BCUT2D eigenvalue weighted by Crippen LogP contribution is -2.30. The lowest BCUT2D eigenvalue weighted by molar-refractivity contribution is -0.113. The normalized spacial score (nSPS) is 16.5. The molecule has 0 aliphatic carbocycles. The van der Waals surface area contributed by atoms with Crippen LogP contribution < -0.4 is 10.6 Å². The zero-order valence-electron chi connectivity index (χ0n) is 10.1. The molecule has 98 valence electrons. The Bertz CT molecular complexity index is 408. The molecule has 0 bridgehead atoms. The fourth-order valence-electron chi connectivity index (χ4n) is 1.92. The number of hydrogen-bond donors (Lipinski definition) is 2. The Hall–Kier alpha value is -0.520. The van der Waals surface area contributed by atoms with Crippen LogP contribution in [0.25, 0.3) is 0 Å². The van der Waals surface area contributed by atoms with Gasteiger partial charge in [-0.1, -0.05) is 22.0 Å². The topological polar surface area (TPSA) is 41.1 Å². The number of carbonyl (C=O) groups excluding carboxylic acids is 1. The Kier molecular flexibility index (Phi) is 5.53. The van der Waals surface area contributed by atoms with Crippen molar-refractivity contribution in [3.63, 3.8) is 0 Å². The molecular weight excluding hydrogens is 312 g/mol. The van der Waals surface area contributed by atoms with Crippen molar-refractivity contribution < 1.29 is 4.79 Å². The molecule has 1 aromatic rings. The van der Waals surface area contributed by atoms with Gasteiger partial charge in [0.25, 0.3) is 0 Å². The van der Waals surface area contributed by atoms with E-state index in [9.17, 15) is 4.79 Å². The predicted octanol–water partition coefficient (Wildman–Crippen LogP) is 2.87. The van der Waals surface area contributed by atoms with Crippen LogP contribution in [0.15, 0.2) is 28.7 Å². The van der Waals surface area contributed by atoms with Gasteiger partial charge in [-0.25, -0.2) is 0 Å². The first-order chi connectivity index (χ1) is 8.74. The molecule has 1 heterocycles. The van der Waals surface area contributed by atoms with Crippen LogP contribution in [0.2, 0.25) is 0 Å². The maximum Gasteiger partial charge on any atom is 0.234 e. The highest BCUT2D eigenvalue weighted by Gasteiger charge is 2.14. The van der Waals surface area contributed by atoms with Gasteiger partial charge in [0.15, 0.2) is 0 Å². The van der Waals surface area contributed by atoms with Crippen molar-refractivity contribution in [2.75, 3.05) is 24.2 Å². The Balaban J connectivity index is 1.74. The van der Waals surface area contributed by atoms with Gasteiger partial charge in [-0.05, 0) is 44.1 Å². The van der Waals surface area contributed by atoms with Gasteiger partial charge in [-0.3, -0.25) is 4.79 Å². The Morgan fingerprint density at radius 2 is 2.22 bits per heavy atom. The van der Waals surface area contributed by atoms with Gasteiger partial charge < -0.3 is 10.6 Å². The highest BCUT2D eigenvalue weighted by molar-refractivity contribution is 9.10. The monoisotopic (exact) mass is 328 g/mol. The molecule has 1 amide bonds. The number of carbonyl (C=O) groups is 1. The fraction of sp³-hybridized carbons (Fsp3) is 0.462. The molecule has 1 saturated heterocycles. The summed E-state index contributed by atoms with van der Waals surface area (Å²) >= 11 is 5.16. The number of rotatable bonds is 4. The first-order valence-electron chi connectivity index (χ1n) is 6.12. The summed E-state index contributed by atoms with van der Waals surface area (Å²) in [5.41, 5.74) is 0.847. The molecule has 0 spiro atoms. The molecule has 18 heavy (non-hydrogen) atoms. The summed E-state index contributed by atoms with van der Waals surface area (Å²) in [6, 6.07) is 7.67. The van der Waals surface area contributed by atoms with Gasteiger partial charge in [0.05, 0.1) is 5.75 Å². The first kappa shape index (κ1) is 13.9. The SMILES string of the molecule is O=C(CSC1CCNCC1)Nc1cccc(Br)c1. The number of thioether (sulfide) groups is 1. The summed E-state index contributed by atoms with van der Waals surface area (Å²) in [7, 11) is 0. The van der Waals surface area contributed by atoms with Crippen LogP contribution in [-0.2, 0) is 4.79 Å². The number of halogens is 1. The maximum absolute atomic E-state index is 11.8. The minimum Gasteiger partial charge on any atom is -0.325 e. The molecule has 1 aromatic carbocycles. The van der Waals surface area contributed by atoms with E-state index in [1.54, 1.807) is 11.8 Å². The molecule has 0 atom stereocenters. The average molecular weight is 329 g/mol. The van der Waals surface area contributed by atoms with E-state index < -0.39 is 0 Å². The van der Waals surface area contributed by atoms with Gasteiger partial charge in [-0.15, -0.1) is 11.8 Å². The lowest BCUT2D eigenvalue weighted by Gasteiger charge is -2.21. The van der Waals surface area contributed by atoms with Gasteiger partial charge in [0, 0.05) is 15.4 Å². The predicted molar refractivity (Wildman–Crippen MR) is 81.1 cm³/mol. The summed E-state index contributed by atoms with van der Waals surface area (Å²) < 4.78 is 0.978. The van der Waals surface area contributed by atoms with E-state index in [1.165, 1.54) is 0 Å².